The van der Waals surface area contributed by atoms with Crippen LogP contribution in [0.2, 0.25) is 0 Å². The predicted octanol–water partition coefficient (Wildman–Crippen LogP) is 4.91. The lowest BCUT2D eigenvalue weighted by Crippen LogP contribution is -2.46. The van der Waals surface area contributed by atoms with Crippen molar-refractivity contribution in [3.63, 3.8) is 0 Å². The number of benzene rings is 2. The summed E-state index contributed by atoms with van der Waals surface area (Å²) in [6, 6.07) is 17.6. The number of hydrogen-bond acceptors (Lipinski definition) is 8. The van der Waals surface area contributed by atoms with Gasteiger partial charge in [-0.1, -0.05) is 12.1 Å². The molecule has 2 aliphatic rings. The zero-order valence-electron chi connectivity index (χ0n) is 22.8. The lowest BCUT2D eigenvalue weighted by molar-refractivity contribution is 0.0854. The molecule has 4 aromatic rings. The second kappa shape index (κ2) is 11.4. The molecule has 1 fully saturated rings. The Kier molecular flexibility index (Phi) is 7.39. The number of carbonyl (C=O) groups is 1. The van der Waals surface area contributed by atoms with E-state index >= 15 is 0 Å². The number of carbonyl (C=O) groups excluding carboxylic acids is 1. The van der Waals surface area contributed by atoms with E-state index in [1.807, 2.05) is 55.5 Å². The summed E-state index contributed by atoms with van der Waals surface area (Å²) >= 11 is 0. The molecule has 0 radical (unpaired) electrons. The highest BCUT2D eigenvalue weighted by Crippen LogP contribution is 2.37. The lowest BCUT2D eigenvalue weighted by Gasteiger charge is -2.40. The topological polar surface area (TPSA) is 95.5 Å². The number of anilines is 3. The third kappa shape index (κ3) is 5.66. The Hall–Kier alpha value is -4.34. The minimum Gasteiger partial charge on any atom is -0.493 e. The van der Waals surface area contributed by atoms with Crippen LogP contribution in [0.3, 0.4) is 0 Å². The fourth-order valence-electron chi connectivity index (χ4n) is 5.28. The average Bonchev–Trinajstić information content (AvgIpc) is 2.99. The van der Waals surface area contributed by atoms with Crippen LogP contribution in [0, 0.1) is 6.92 Å². The van der Waals surface area contributed by atoms with Crippen molar-refractivity contribution in [3.05, 3.63) is 89.9 Å². The molecule has 9 heteroatoms. The van der Waals surface area contributed by atoms with Crippen molar-refractivity contribution >= 4 is 23.2 Å². The molecule has 2 aromatic carbocycles. The lowest BCUT2D eigenvalue weighted by atomic mass is 9.96. The van der Waals surface area contributed by atoms with Crippen LogP contribution in [0.25, 0.3) is 11.3 Å². The second-order valence-electron chi connectivity index (χ2n) is 10.4. The van der Waals surface area contributed by atoms with Crippen LogP contribution in [-0.4, -0.2) is 70.5 Å². The van der Waals surface area contributed by atoms with Crippen LogP contribution in [0.4, 0.5) is 17.3 Å². The van der Waals surface area contributed by atoms with Gasteiger partial charge >= 0.3 is 0 Å². The molecule has 204 valence electrons. The molecule has 4 heterocycles. The van der Waals surface area contributed by atoms with Gasteiger partial charge in [-0.05, 0) is 62.0 Å². The maximum absolute atomic E-state index is 13.2. The van der Waals surface area contributed by atoms with E-state index in [1.54, 1.807) is 18.6 Å². The highest BCUT2D eigenvalue weighted by atomic mass is 16.5. The van der Waals surface area contributed by atoms with Gasteiger partial charge in [0.1, 0.15) is 5.75 Å². The monoisotopic (exact) mass is 535 g/mol. The summed E-state index contributed by atoms with van der Waals surface area (Å²) < 4.78 is 6.00. The van der Waals surface area contributed by atoms with Gasteiger partial charge in [0.2, 0.25) is 5.95 Å². The van der Waals surface area contributed by atoms with E-state index in [4.69, 9.17) is 4.74 Å². The van der Waals surface area contributed by atoms with E-state index in [-0.39, 0.29) is 5.91 Å². The number of likely N-dealkylation sites (N-methyl/N-ethyl adjacent to an activating group) is 1. The van der Waals surface area contributed by atoms with Crippen LogP contribution in [0.5, 0.6) is 5.75 Å². The van der Waals surface area contributed by atoms with Gasteiger partial charge in [0.25, 0.3) is 5.91 Å². The van der Waals surface area contributed by atoms with Crippen molar-refractivity contribution in [1.82, 2.24) is 24.8 Å². The van der Waals surface area contributed by atoms with E-state index in [2.05, 4.69) is 48.5 Å². The number of aryl methyl sites for hydroxylation is 1. The van der Waals surface area contributed by atoms with E-state index in [9.17, 15) is 4.79 Å². The standard InChI is InChI=1S/C31H33N7O2/c1-21-5-7-24(19-27(21)36-31-33-12-9-26(35-31)23-4-3-11-32-20-23)34-30(39)22-6-8-25-28(10-17-40-29(25)18-22)38-15-13-37(2)14-16-38/h3-9,11-12,18-20,28H,10,13-17H2,1-2H3,(H,34,39)(H,33,35,36). The molecule has 0 aliphatic carbocycles. The first-order chi connectivity index (χ1) is 19.5. The van der Waals surface area contributed by atoms with Gasteiger partial charge in [0.05, 0.1) is 12.3 Å². The van der Waals surface area contributed by atoms with E-state index in [0.29, 0.717) is 29.8 Å². The van der Waals surface area contributed by atoms with Crippen LogP contribution in [-0.2, 0) is 0 Å². The van der Waals surface area contributed by atoms with Gasteiger partial charge in [-0.15, -0.1) is 0 Å². The van der Waals surface area contributed by atoms with Gasteiger partial charge in [0, 0.05) is 85.3 Å². The van der Waals surface area contributed by atoms with Gasteiger partial charge < -0.3 is 20.3 Å². The second-order valence-corrected chi connectivity index (χ2v) is 10.4. The number of rotatable bonds is 6. The zero-order valence-corrected chi connectivity index (χ0v) is 22.8. The molecule has 6 rings (SSSR count). The molecule has 0 bridgehead atoms. The molecule has 2 aliphatic heterocycles. The molecule has 0 saturated carbocycles. The molecule has 1 saturated heterocycles. The first-order valence-electron chi connectivity index (χ1n) is 13.7. The summed E-state index contributed by atoms with van der Waals surface area (Å²) in [6.45, 7) is 6.89. The predicted molar refractivity (Wildman–Crippen MR) is 156 cm³/mol. The summed E-state index contributed by atoms with van der Waals surface area (Å²) in [7, 11) is 2.17. The van der Waals surface area contributed by atoms with E-state index in [1.165, 1.54) is 5.56 Å². The Morgan fingerprint density at radius 1 is 1.02 bits per heavy atom. The highest BCUT2D eigenvalue weighted by molar-refractivity contribution is 6.04. The van der Waals surface area contributed by atoms with E-state index in [0.717, 1.165) is 60.9 Å². The van der Waals surface area contributed by atoms with Crippen LogP contribution < -0.4 is 15.4 Å². The molecular weight excluding hydrogens is 502 g/mol. The zero-order chi connectivity index (χ0) is 27.5. The fourth-order valence-corrected chi connectivity index (χ4v) is 5.28. The number of ether oxygens (including phenoxy) is 1. The quantitative estimate of drug-likeness (QED) is 0.360. The first-order valence-corrected chi connectivity index (χ1v) is 13.7. The maximum Gasteiger partial charge on any atom is 0.255 e. The molecule has 2 N–H and O–H groups in total. The maximum atomic E-state index is 13.2. The highest BCUT2D eigenvalue weighted by Gasteiger charge is 2.29. The molecule has 9 nitrogen and oxygen atoms in total. The molecule has 1 atom stereocenters. The number of piperazine rings is 1. The third-order valence-electron chi connectivity index (χ3n) is 7.62. The van der Waals surface area contributed by atoms with E-state index < -0.39 is 0 Å². The van der Waals surface area contributed by atoms with Crippen molar-refractivity contribution in [1.29, 1.82) is 0 Å². The number of fused-ring (bicyclic) bond motifs is 1. The molecule has 1 amide bonds. The van der Waals surface area contributed by atoms with Gasteiger partial charge in [-0.3, -0.25) is 14.7 Å². The summed E-state index contributed by atoms with van der Waals surface area (Å²) in [5, 5.41) is 6.33. The molecule has 2 aromatic heterocycles. The van der Waals surface area contributed by atoms with Crippen molar-refractivity contribution in [2.24, 2.45) is 0 Å². The Balaban J connectivity index is 1.16. The van der Waals surface area contributed by atoms with Crippen LogP contribution >= 0.6 is 0 Å². The van der Waals surface area contributed by atoms with Gasteiger partial charge in [0.15, 0.2) is 0 Å². The minimum atomic E-state index is -0.183. The van der Waals surface area contributed by atoms with Gasteiger partial charge in [-0.2, -0.15) is 0 Å². The number of aromatic nitrogens is 3. The molecule has 40 heavy (non-hydrogen) atoms. The van der Waals surface area contributed by atoms with Gasteiger partial charge in [-0.25, -0.2) is 9.97 Å². The third-order valence-corrected chi connectivity index (χ3v) is 7.62. The minimum absolute atomic E-state index is 0.183. The van der Waals surface area contributed by atoms with Crippen molar-refractivity contribution in [2.75, 3.05) is 50.5 Å². The average molecular weight is 536 g/mol. The number of amides is 1. The Bertz CT molecular complexity index is 1500. The SMILES string of the molecule is Cc1ccc(NC(=O)c2ccc3c(c2)OCCC3N2CCN(C)CC2)cc1Nc1nccc(-c2cccnc2)n1. The Labute approximate surface area is 234 Å². The summed E-state index contributed by atoms with van der Waals surface area (Å²) in [6.07, 6.45) is 6.18. The van der Waals surface area contributed by atoms with Crippen molar-refractivity contribution in [3.8, 4) is 17.0 Å². The van der Waals surface area contributed by atoms with Crippen molar-refractivity contribution < 1.29 is 9.53 Å². The summed E-state index contributed by atoms with van der Waals surface area (Å²) in [4.78, 5) is 31.3. The van der Waals surface area contributed by atoms with Crippen LogP contribution in [0.15, 0.2) is 73.2 Å². The number of nitrogens with zero attached hydrogens (tertiary/aromatic N) is 5. The first kappa shape index (κ1) is 25.9. The molecular formula is C31H33N7O2. The van der Waals surface area contributed by atoms with Crippen molar-refractivity contribution in [2.45, 2.75) is 19.4 Å². The normalized spacial score (nSPS) is 17.5. The van der Waals surface area contributed by atoms with Crippen LogP contribution in [0.1, 0.15) is 33.9 Å². The smallest absolute Gasteiger partial charge is 0.255 e. The fraction of sp³-hybridized carbons (Fsp3) is 0.290. The largest absolute Gasteiger partial charge is 0.493 e. The number of nitrogens with one attached hydrogen (secondary N) is 2. The number of hydrogen-bond donors (Lipinski definition) is 2. The Morgan fingerprint density at radius 3 is 2.73 bits per heavy atom. The Morgan fingerprint density at radius 2 is 1.90 bits per heavy atom. The summed E-state index contributed by atoms with van der Waals surface area (Å²) in [5.41, 5.74) is 5.92. The number of pyridine rings is 1. The molecule has 1 unspecified atom stereocenters. The summed E-state index contributed by atoms with van der Waals surface area (Å²) in [5.74, 6) is 1.09. The molecule has 0 spiro atoms.